The van der Waals surface area contributed by atoms with Gasteiger partial charge in [0.1, 0.15) is 0 Å². The first-order valence-electron chi connectivity index (χ1n) is 7.70. The van der Waals surface area contributed by atoms with Crippen LogP contribution in [0.4, 0.5) is 0 Å². The first-order valence-corrected chi connectivity index (χ1v) is 7.70. The van der Waals surface area contributed by atoms with Crippen molar-refractivity contribution in [2.75, 3.05) is 6.61 Å². The zero-order valence-corrected chi connectivity index (χ0v) is 11.6. The van der Waals surface area contributed by atoms with Gasteiger partial charge in [-0.25, -0.2) is 0 Å². The predicted molar refractivity (Wildman–Crippen MR) is 74.2 cm³/mol. The van der Waals surface area contributed by atoms with E-state index in [2.05, 4.69) is 6.92 Å². The standard InChI is InChI=1S/C15H31NO/c1-2-3-4-5-6-9-14(16)10-7-11-15-12-8-13-17-15/h14-15H,2-13,16H2,1H3. The molecule has 1 rings (SSSR count). The van der Waals surface area contributed by atoms with E-state index in [0.717, 1.165) is 6.61 Å². The molecule has 0 radical (unpaired) electrons. The molecule has 1 aliphatic rings. The summed E-state index contributed by atoms with van der Waals surface area (Å²) < 4.78 is 5.62. The van der Waals surface area contributed by atoms with Crippen LogP contribution in [0.25, 0.3) is 0 Å². The van der Waals surface area contributed by atoms with Gasteiger partial charge in [-0.2, -0.15) is 0 Å². The van der Waals surface area contributed by atoms with E-state index >= 15 is 0 Å². The van der Waals surface area contributed by atoms with Gasteiger partial charge in [0.25, 0.3) is 0 Å². The second-order valence-electron chi connectivity index (χ2n) is 5.53. The molecule has 2 nitrogen and oxygen atoms in total. The minimum Gasteiger partial charge on any atom is -0.378 e. The van der Waals surface area contributed by atoms with Crippen LogP contribution in [0, 0.1) is 0 Å². The Morgan fingerprint density at radius 1 is 1.12 bits per heavy atom. The third-order valence-electron chi connectivity index (χ3n) is 3.80. The van der Waals surface area contributed by atoms with Crippen molar-refractivity contribution in [3.8, 4) is 0 Å². The Balaban J connectivity index is 1.84. The molecule has 0 spiro atoms. The van der Waals surface area contributed by atoms with Gasteiger partial charge in [0.2, 0.25) is 0 Å². The van der Waals surface area contributed by atoms with Crippen molar-refractivity contribution in [2.45, 2.75) is 89.7 Å². The Kier molecular flexibility index (Phi) is 8.72. The lowest BCUT2D eigenvalue weighted by Gasteiger charge is -2.13. The molecule has 0 aliphatic carbocycles. The maximum absolute atomic E-state index is 6.13. The van der Waals surface area contributed by atoms with Gasteiger partial charge >= 0.3 is 0 Å². The molecule has 2 heteroatoms. The van der Waals surface area contributed by atoms with E-state index in [4.69, 9.17) is 10.5 Å². The Bertz CT molecular complexity index is 166. The van der Waals surface area contributed by atoms with Crippen molar-refractivity contribution in [1.82, 2.24) is 0 Å². The summed E-state index contributed by atoms with van der Waals surface area (Å²) in [6.45, 7) is 3.24. The van der Waals surface area contributed by atoms with Crippen LogP contribution in [0.3, 0.4) is 0 Å². The molecule has 0 saturated carbocycles. The van der Waals surface area contributed by atoms with Gasteiger partial charge < -0.3 is 10.5 Å². The number of rotatable bonds is 10. The molecule has 1 fully saturated rings. The molecule has 2 N–H and O–H groups in total. The van der Waals surface area contributed by atoms with Gasteiger partial charge in [0.15, 0.2) is 0 Å². The van der Waals surface area contributed by atoms with Gasteiger partial charge in [-0.15, -0.1) is 0 Å². The molecular formula is C15H31NO. The molecule has 0 aromatic heterocycles. The minimum atomic E-state index is 0.429. The van der Waals surface area contributed by atoms with Crippen molar-refractivity contribution >= 4 is 0 Å². The highest BCUT2D eigenvalue weighted by Crippen LogP contribution is 2.18. The number of nitrogens with two attached hydrogens (primary N) is 1. The summed E-state index contributed by atoms with van der Waals surface area (Å²) in [6.07, 6.45) is 14.7. The van der Waals surface area contributed by atoms with Crippen molar-refractivity contribution < 1.29 is 4.74 Å². The van der Waals surface area contributed by atoms with Crippen LogP contribution in [0.2, 0.25) is 0 Å². The number of unbranched alkanes of at least 4 members (excludes halogenated alkanes) is 4. The highest BCUT2D eigenvalue weighted by atomic mass is 16.5. The third kappa shape index (κ3) is 7.77. The monoisotopic (exact) mass is 241 g/mol. The molecule has 1 saturated heterocycles. The molecule has 2 unspecified atom stereocenters. The second kappa shape index (κ2) is 9.90. The van der Waals surface area contributed by atoms with E-state index in [0.29, 0.717) is 12.1 Å². The number of ether oxygens (including phenoxy) is 1. The summed E-state index contributed by atoms with van der Waals surface area (Å²) in [5.41, 5.74) is 6.13. The maximum atomic E-state index is 6.13. The van der Waals surface area contributed by atoms with E-state index in [9.17, 15) is 0 Å². The lowest BCUT2D eigenvalue weighted by molar-refractivity contribution is 0.101. The normalized spacial score (nSPS) is 21.9. The molecule has 0 aromatic carbocycles. The largest absolute Gasteiger partial charge is 0.378 e. The summed E-state index contributed by atoms with van der Waals surface area (Å²) in [5, 5.41) is 0. The summed E-state index contributed by atoms with van der Waals surface area (Å²) in [5.74, 6) is 0. The van der Waals surface area contributed by atoms with Crippen LogP contribution in [-0.4, -0.2) is 18.8 Å². The van der Waals surface area contributed by atoms with Crippen LogP contribution in [-0.2, 0) is 4.74 Å². The fourth-order valence-corrected chi connectivity index (χ4v) is 2.63. The first kappa shape index (κ1) is 15.0. The lowest BCUT2D eigenvalue weighted by atomic mass is 10.0. The van der Waals surface area contributed by atoms with Crippen LogP contribution in [0.5, 0.6) is 0 Å². The SMILES string of the molecule is CCCCCCCC(N)CCCC1CCCO1. The second-order valence-corrected chi connectivity index (χ2v) is 5.53. The van der Waals surface area contributed by atoms with Gasteiger partial charge in [-0.1, -0.05) is 39.0 Å². The average Bonchev–Trinajstić information content (AvgIpc) is 2.82. The molecule has 0 aromatic rings. The minimum absolute atomic E-state index is 0.429. The molecule has 1 aliphatic heterocycles. The van der Waals surface area contributed by atoms with Crippen LogP contribution in [0.15, 0.2) is 0 Å². The fraction of sp³-hybridized carbons (Fsp3) is 1.00. The van der Waals surface area contributed by atoms with E-state index in [-0.39, 0.29) is 0 Å². The van der Waals surface area contributed by atoms with E-state index in [1.807, 2.05) is 0 Å². The average molecular weight is 241 g/mol. The molecule has 17 heavy (non-hydrogen) atoms. The highest BCUT2D eigenvalue weighted by Gasteiger charge is 2.15. The third-order valence-corrected chi connectivity index (χ3v) is 3.80. The number of hydrogen-bond acceptors (Lipinski definition) is 2. The molecule has 2 atom stereocenters. The van der Waals surface area contributed by atoms with E-state index in [1.165, 1.54) is 70.6 Å². The van der Waals surface area contributed by atoms with Crippen molar-refractivity contribution in [3.63, 3.8) is 0 Å². The lowest BCUT2D eigenvalue weighted by Crippen LogP contribution is -2.20. The van der Waals surface area contributed by atoms with E-state index < -0.39 is 0 Å². The summed E-state index contributed by atoms with van der Waals surface area (Å²) in [4.78, 5) is 0. The zero-order chi connectivity index (χ0) is 12.3. The van der Waals surface area contributed by atoms with Crippen LogP contribution in [0.1, 0.15) is 77.6 Å². The van der Waals surface area contributed by atoms with Crippen LogP contribution < -0.4 is 5.73 Å². The Morgan fingerprint density at radius 2 is 1.88 bits per heavy atom. The fourth-order valence-electron chi connectivity index (χ4n) is 2.63. The molecule has 102 valence electrons. The Labute approximate surface area is 107 Å². The van der Waals surface area contributed by atoms with Gasteiger partial charge in [0, 0.05) is 12.6 Å². The van der Waals surface area contributed by atoms with Crippen molar-refractivity contribution in [2.24, 2.45) is 5.73 Å². The molecular weight excluding hydrogens is 210 g/mol. The van der Waals surface area contributed by atoms with E-state index in [1.54, 1.807) is 0 Å². The summed E-state index contributed by atoms with van der Waals surface area (Å²) in [6, 6.07) is 0.429. The number of hydrogen-bond donors (Lipinski definition) is 1. The first-order chi connectivity index (χ1) is 8.33. The van der Waals surface area contributed by atoms with Crippen molar-refractivity contribution in [1.29, 1.82) is 0 Å². The predicted octanol–water partition coefficient (Wildman–Crippen LogP) is 4.02. The topological polar surface area (TPSA) is 35.2 Å². The van der Waals surface area contributed by atoms with Gasteiger partial charge in [-0.3, -0.25) is 0 Å². The molecule has 0 amide bonds. The quantitative estimate of drug-likeness (QED) is 0.586. The van der Waals surface area contributed by atoms with Crippen molar-refractivity contribution in [3.05, 3.63) is 0 Å². The zero-order valence-electron chi connectivity index (χ0n) is 11.6. The highest BCUT2D eigenvalue weighted by molar-refractivity contribution is 4.67. The smallest absolute Gasteiger partial charge is 0.0576 e. The molecule has 0 bridgehead atoms. The van der Waals surface area contributed by atoms with Crippen LogP contribution >= 0.6 is 0 Å². The summed E-state index contributed by atoms with van der Waals surface area (Å²) in [7, 11) is 0. The Hall–Kier alpha value is -0.0800. The van der Waals surface area contributed by atoms with Gasteiger partial charge in [-0.05, 0) is 38.5 Å². The maximum Gasteiger partial charge on any atom is 0.0576 e. The summed E-state index contributed by atoms with van der Waals surface area (Å²) >= 11 is 0. The Morgan fingerprint density at radius 3 is 2.59 bits per heavy atom. The molecule has 1 heterocycles. The van der Waals surface area contributed by atoms with Gasteiger partial charge in [0.05, 0.1) is 6.10 Å².